The number of amides is 1. The first kappa shape index (κ1) is 19.9. The predicted octanol–water partition coefficient (Wildman–Crippen LogP) is 3.05. The van der Waals surface area contributed by atoms with Crippen LogP contribution in [0.25, 0.3) is 0 Å². The number of Topliss-reactive ketones (excluding diaryl/α,β-unsaturated/α-hetero) is 1. The standard InChI is InChI=1S/C22H33N3O2/c1-16(2)25-14-13-24(15-17(25)3)22(27)20-9-11-23(12-10-20)21-7-5-19(6-8-21)18(4)26/h5-8,16-17,20H,9-15H2,1-4H3/t17-/m0/s1. The summed E-state index contributed by atoms with van der Waals surface area (Å²) in [5, 5.41) is 0. The van der Waals surface area contributed by atoms with Crippen molar-refractivity contribution in [3.8, 4) is 0 Å². The number of piperazine rings is 1. The molecule has 0 N–H and O–H groups in total. The highest BCUT2D eigenvalue weighted by Gasteiger charge is 2.33. The molecule has 2 aliphatic heterocycles. The average molecular weight is 372 g/mol. The number of piperidine rings is 1. The van der Waals surface area contributed by atoms with Crippen molar-refractivity contribution in [1.29, 1.82) is 0 Å². The molecular weight excluding hydrogens is 338 g/mol. The Morgan fingerprint density at radius 1 is 1.00 bits per heavy atom. The van der Waals surface area contributed by atoms with Crippen LogP contribution in [0.3, 0.4) is 0 Å². The molecule has 0 unspecified atom stereocenters. The van der Waals surface area contributed by atoms with Gasteiger partial charge in [-0.15, -0.1) is 0 Å². The molecule has 0 aliphatic carbocycles. The van der Waals surface area contributed by atoms with E-state index in [9.17, 15) is 9.59 Å². The zero-order chi connectivity index (χ0) is 19.6. The Kier molecular flexibility index (Phi) is 6.20. The third kappa shape index (κ3) is 4.52. The summed E-state index contributed by atoms with van der Waals surface area (Å²) in [6.07, 6.45) is 1.82. The van der Waals surface area contributed by atoms with Gasteiger partial charge in [-0.3, -0.25) is 14.5 Å². The Bertz CT molecular complexity index is 663. The Morgan fingerprint density at radius 2 is 1.63 bits per heavy atom. The molecule has 0 saturated carbocycles. The van der Waals surface area contributed by atoms with Crippen LogP contribution in [0.2, 0.25) is 0 Å². The van der Waals surface area contributed by atoms with Crippen molar-refractivity contribution in [3.63, 3.8) is 0 Å². The minimum Gasteiger partial charge on any atom is -0.371 e. The van der Waals surface area contributed by atoms with Gasteiger partial charge in [0.15, 0.2) is 5.78 Å². The number of hydrogen-bond acceptors (Lipinski definition) is 4. The van der Waals surface area contributed by atoms with Crippen molar-refractivity contribution in [1.82, 2.24) is 9.80 Å². The monoisotopic (exact) mass is 371 g/mol. The minimum absolute atomic E-state index is 0.0950. The van der Waals surface area contributed by atoms with Crippen molar-refractivity contribution in [3.05, 3.63) is 29.8 Å². The molecule has 2 saturated heterocycles. The number of rotatable bonds is 4. The minimum atomic E-state index is 0.0950. The van der Waals surface area contributed by atoms with Gasteiger partial charge in [-0.2, -0.15) is 0 Å². The lowest BCUT2D eigenvalue weighted by Gasteiger charge is -2.43. The molecule has 1 atom stereocenters. The van der Waals surface area contributed by atoms with E-state index in [1.165, 1.54) is 0 Å². The summed E-state index contributed by atoms with van der Waals surface area (Å²) in [7, 11) is 0. The van der Waals surface area contributed by atoms with Crippen LogP contribution in [0.1, 0.15) is 50.9 Å². The molecule has 3 rings (SSSR count). The number of benzene rings is 1. The SMILES string of the molecule is CC(=O)c1ccc(N2CCC(C(=O)N3CCN(C(C)C)[C@@H](C)C3)CC2)cc1. The third-order valence-corrected chi connectivity index (χ3v) is 6.14. The molecule has 1 amide bonds. The summed E-state index contributed by atoms with van der Waals surface area (Å²) in [6, 6.07) is 8.80. The van der Waals surface area contributed by atoms with E-state index >= 15 is 0 Å². The fourth-order valence-corrected chi connectivity index (χ4v) is 4.49. The molecule has 2 aliphatic rings. The van der Waals surface area contributed by atoms with Crippen LogP contribution in [0.4, 0.5) is 5.69 Å². The van der Waals surface area contributed by atoms with E-state index in [1.54, 1.807) is 6.92 Å². The number of nitrogens with zero attached hydrogens (tertiary/aromatic N) is 3. The summed E-state index contributed by atoms with van der Waals surface area (Å²) >= 11 is 0. The molecule has 148 valence electrons. The van der Waals surface area contributed by atoms with E-state index in [2.05, 4.69) is 35.5 Å². The zero-order valence-corrected chi connectivity index (χ0v) is 17.1. The molecule has 0 radical (unpaired) electrons. The lowest BCUT2D eigenvalue weighted by atomic mass is 9.94. The van der Waals surface area contributed by atoms with Crippen LogP contribution >= 0.6 is 0 Å². The molecule has 2 fully saturated rings. The van der Waals surface area contributed by atoms with Crippen LogP contribution in [0.15, 0.2) is 24.3 Å². The summed E-state index contributed by atoms with van der Waals surface area (Å²) in [6.45, 7) is 12.8. The average Bonchev–Trinajstić information content (AvgIpc) is 2.67. The predicted molar refractivity (Wildman–Crippen MR) is 109 cm³/mol. The maximum atomic E-state index is 13.0. The van der Waals surface area contributed by atoms with E-state index < -0.39 is 0 Å². The summed E-state index contributed by atoms with van der Waals surface area (Å²) in [4.78, 5) is 31.3. The molecule has 27 heavy (non-hydrogen) atoms. The van der Waals surface area contributed by atoms with Crippen LogP contribution in [-0.4, -0.2) is 66.3 Å². The lowest BCUT2D eigenvalue weighted by molar-refractivity contribution is -0.139. The second-order valence-corrected chi connectivity index (χ2v) is 8.33. The topological polar surface area (TPSA) is 43.9 Å². The maximum absolute atomic E-state index is 13.0. The lowest BCUT2D eigenvalue weighted by Crippen LogP contribution is -2.57. The highest BCUT2D eigenvalue weighted by molar-refractivity contribution is 5.94. The number of carbonyl (C=O) groups excluding carboxylic acids is 2. The molecule has 0 spiro atoms. The van der Waals surface area contributed by atoms with Crippen LogP contribution in [-0.2, 0) is 4.79 Å². The first-order chi connectivity index (χ1) is 12.9. The second kappa shape index (κ2) is 8.42. The van der Waals surface area contributed by atoms with Gasteiger partial charge in [-0.05, 0) is 64.8 Å². The summed E-state index contributed by atoms with van der Waals surface area (Å²) in [5.41, 5.74) is 1.89. The number of anilines is 1. The Morgan fingerprint density at radius 3 is 2.15 bits per heavy atom. The van der Waals surface area contributed by atoms with Gasteiger partial charge in [0.2, 0.25) is 5.91 Å². The van der Waals surface area contributed by atoms with Gasteiger partial charge in [0.25, 0.3) is 0 Å². The quantitative estimate of drug-likeness (QED) is 0.763. The van der Waals surface area contributed by atoms with E-state index in [1.807, 2.05) is 24.3 Å². The van der Waals surface area contributed by atoms with E-state index in [0.717, 1.165) is 56.8 Å². The van der Waals surface area contributed by atoms with Crippen LogP contribution in [0, 0.1) is 5.92 Å². The van der Waals surface area contributed by atoms with Crippen molar-refractivity contribution >= 4 is 17.4 Å². The van der Waals surface area contributed by atoms with Crippen molar-refractivity contribution in [2.24, 2.45) is 5.92 Å². The van der Waals surface area contributed by atoms with Gasteiger partial charge in [0.05, 0.1) is 0 Å². The Balaban J connectivity index is 1.53. The molecule has 2 heterocycles. The number of carbonyl (C=O) groups is 2. The van der Waals surface area contributed by atoms with Gasteiger partial charge < -0.3 is 9.80 Å². The first-order valence-electron chi connectivity index (χ1n) is 10.3. The van der Waals surface area contributed by atoms with Gasteiger partial charge in [-0.1, -0.05) is 0 Å². The highest BCUT2D eigenvalue weighted by Crippen LogP contribution is 2.26. The Hall–Kier alpha value is -1.88. The molecule has 1 aromatic rings. The molecule has 5 heteroatoms. The number of ketones is 1. The molecule has 5 nitrogen and oxygen atoms in total. The molecule has 1 aromatic carbocycles. The zero-order valence-electron chi connectivity index (χ0n) is 17.1. The molecule has 0 bridgehead atoms. The fraction of sp³-hybridized carbons (Fsp3) is 0.636. The molecule has 0 aromatic heterocycles. The van der Waals surface area contributed by atoms with E-state index in [4.69, 9.17) is 0 Å². The summed E-state index contributed by atoms with van der Waals surface area (Å²) in [5.74, 6) is 0.588. The fourth-order valence-electron chi connectivity index (χ4n) is 4.49. The van der Waals surface area contributed by atoms with Crippen molar-refractivity contribution < 1.29 is 9.59 Å². The third-order valence-electron chi connectivity index (χ3n) is 6.14. The van der Waals surface area contributed by atoms with E-state index in [0.29, 0.717) is 18.0 Å². The largest absolute Gasteiger partial charge is 0.371 e. The highest BCUT2D eigenvalue weighted by atomic mass is 16.2. The van der Waals surface area contributed by atoms with Gasteiger partial charge in [0.1, 0.15) is 0 Å². The van der Waals surface area contributed by atoms with Gasteiger partial charge in [0, 0.05) is 62.0 Å². The van der Waals surface area contributed by atoms with Gasteiger partial charge >= 0.3 is 0 Å². The second-order valence-electron chi connectivity index (χ2n) is 8.33. The maximum Gasteiger partial charge on any atom is 0.225 e. The first-order valence-corrected chi connectivity index (χ1v) is 10.3. The van der Waals surface area contributed by atoms with E-state index in [-0.39, 0.29) is 11.7 Å². The molecular formula is C22H33N3O2. The van der Waals surface area contributed by atoms with Crippen LogP contribution < -0.4 is 4.90 Å². The van der Waals surface area contributed by atoms with Gasteiger partial charge in [-0.25, -0.2) is 0 Å². The van der Waals surface area contributed by atoms with Crippen molar-refractivity contribution in [2.75, 3.05) is 37.6 Å². The number of hydrogen-bond donors (Lipinski definition) is 0. The summed E-state index contributed by atoms with van der Waals surface area (Å²) < 4.78 is 0. The normalized spacial score (nSPS) is 22.3. The Labute approximate surface area is 163 Å². The van der Waals surface area contributed by atoms with Crippen molar-refractivity contribution in [2.45, 2.75) is 52.6 Å². The smallest absolute Gasteiger partial charge is 0.225 e. The van der Waals surface area contributed by atoms with Crippen LogP contribution in [0.5, 0.6) is 0 Å².